The largest absolute Gasteiger partial charge is 0.481 e. The molecule has 0 radical (unpaired) electrons. The van der Waals surface area contributed by atoms with Gasteiger partial charge in [-0.25, -0.2) is 4.98 Å². The highest BCUT2D eigenvalue weighted by Crippen LogP contribution is 2.43. The maximum absolute atomic E-state index is 11.7. The van der Waals surface area contributed by atoms with Crippen molar-refractivity contribution in [2.45, 2.75) is 58.8 Å². The number of aromatic nitrogens is 1. The number of carbonyl (C=O) groups is 1. The summed E-state index contributed by atoms with van der Waals surface area (Å²) in [5.41, 5.74) is 0.393. The normalized spacial score (nSPS) is 27.4. The molecule has 0 amide bonds. The summed E-state index contributed by atoms with van der Waals surface area (Å²) in [4.78, 5) is 16.2. The van der Waals surface area contributed by atoms with Crippen LogP contribution < -0.4 is 0 Å². The minimum absolute atomic E-state index is 0.565. The number of rotatable bonds is 5. The first-order chi connectivity index (χ1) is 9.05. The van der Waals surface area contributed by atoms with Crippen LogP contribution in [0.15, 0.2) is 5.38 Å². The van der Waals surface area contributed by atoms with Gasteiger partial charge in [0.15, 0.2) is 0 Å². The number of thiazole rings is 1. The lowest BCUT2D eigenvalue weighted by molar-refractivity contribution is -0.151. The summed E-state index contributed by atoms with van der Waals surface area (Å²) in [7, 11) is 0. The molecule has 1 heterocycles. The van der Waals surface area contributed by atoms with Crippen molar-refractivity contribution in [2.75, 3.05) is 0 Å². The van der Waals surface area contributed by atoms with Gasteiger partial charge >= 0.3 is 5.97 Å². The van der Waals surface area contributed by atoms with E-state index in [0.717, 1.165) is 42.3 Å². The van der Waals surface area contributed by atoms with Gasteiger partial charge in [-0.05, 0) is 38.5 Å². The SMILES string of the molecule is CCCC1CCC(Cc2csc(C)n2)(C(=O)O)CC1. The highest BCUT2D eigenvalue weighted by molar-refractivity contribution is 7.09. The topological polar surface area (TPSA) is 50.2 Å². The smallest absolute Gasteiger partial charge is 0.310 e. The van der Waals surface area contributed by atoms with Crippen LogP contribution in [-0.2, 0) is 11.2 Å². The van der Waals surface area contributed by atoms with Crippen molar-refractivity contribution in [3.05, 3.63) is 16.1 Å². The summed E-state index contributed by atoms with van der Waals surface area (Å²) < 4.78 is 0. The van der Waals surface area contributed by atoms with Gasteiger partial charge in [0.25, 0.3) is 0 Å². The Labute approximate surface area is 119 Å². The van der Waals surface area contributed by atoms with E-state index >= 15 is 0 Å². The van der Waals surface area contributed by atoms with E-state index < -0.39 is 11.4 Å². The molecule has 106 valence electrons. The molecule has 0 spiro atoms. The zero-order valence-electron chi connectivity index (χ0n) is 11.8. The first kappa shape index (κ1) is 14.5. The predicted octanol–water partition coefficient (Wildman–Crippen LogP) is 4.06. The molecule has 2 rings (SSSR count). The number of carboxylic acids is 1. The molecule has 3 nitrogen and oxygen atoms in total. The molecule has 0 saturated heterocycles. The monoisotopic (exact) mass is 281 g/mol. The van der Waals surface area contributed by atoms with Gasteiger partial charge < -0.3 is 5.11 Å². The molecule has 0 unspecified atom stereocenters. The van der Waals surface area contributed by atoms with Gasteiger partial charge in [0.05, 0.1) is 16.1 Å². The Bertz CT molecular complexity index is 433. The van der Waals surface area contributed by atoms with Crippen molar-refractivity contribution >= 4 is 17.3 Å². The Hall–Kier alpha value is -0.900. The van der Waals surface area contributed by atoms with E-state index in [1.807, 2.05) is 12.3 Å². The average Bonchev–Trinajstić information content (AvgIpc) is 2.77. The average molecular weight is 281 g/mol. The number of aliphatic carboxylic acids is 1. The number of nitrogens with zero attached hydrogens (tertiary/aromatic N) is 1. The van der Waals surface area contributed by atoms with E-state index in [1.54, 1.807) is 11.3 Å². The number of hydrogen-bond acceptors (Lipinski definition) is 3. The van der Waals surface area contributed by atoms with Crippen LogP contribution in [-0.4, -0.2) is 16.1 Å². The Balaban J connectivity index is 2.06. The van der Waals surface area contributed by atoms with Gasteiger partial charge in [-0.1, -0.05) is 19.8 Å². The molecule has 1 fully saturated rings. The summed E-state index contributed by atoms with van der Waals surface area (Å²) in [6, 6.07) is 0. The standard InChI is InChI=1S/C15H23NO2S/c1-3-4-12-5-7-15(8-6-12,14(17)18)9-13-10-19-11(2)16-13/h10,12H,3-9H2,1-2H3,(H,17,18). The minimum Gasteiger partial charge on any atom is -0.481 e. The predicted molar refractivity (Wildman–Crippen MR) is 77.5 cm³/mol. The minimum atomic E-state index is -0.631. The molecule has 0 aliphatic heterocycles. The van der Waals surface area contributed by atoms with Crippen molar-refractivity contribution in [1.29, 1.82) is 0 Å². The van der Waals surface area contributed by atoms with E-state index in [9.17, 15) is 9.90 Å². The second-order valence-electron chi connectivity index (χ2n) is 5.85. The summed E-state index contributed by atoms with van der Waals surface area (Å²) in [6.45, 7) is 4.18. The van der Waals surface area contributed by atoms with Crippen LogP contribution in [0.4, 0.5) is 0 Å². The highest BCUT2D eigenvalue weighted by Gasteiger charge is 2.42. The third-order valence-corrected chi connectivity index (χ3v) is 5.22. The maximum atomic E-state index is 11.7. The van der Waals surface area contributed by atoms with Crippen LogP contribution in [0.25, 0.3) is 0 Å². The van der Waals surface area contributed by atoms with E-state index in [-0.39, 0.29) is 0 Å². The van der Waals surface area contributed by atoms with Crippen molar-refractivity contribution in [2.24, 2.45) is 11.3 Å². The van der Waals surface area contributed by atoms with Crippen molar-refractivity contribution in [3.8, 4) is 0 Å². The molecule has 1 aliphatic rings. The Kier molecular flexibility index (Phi) is 4.61. The van der Waals surface area contributed by atoms with Crippen LogP contribution in [0.5, 0.6) is 0 Å². The van der Waals surface area contributed by atoms with E-state index in [4.69, 9.17) is 0 Å². The Morgan fingerprint density at radius 2 is 2.21 bits per heavy atom. The zero-order chi connectivity index (χ0) is 13.9. The molecule has 0 atom stereocenters. The summed E-state index contributed by atoms with van der Waals surface area (Å²) >= 11 is 1.61. The molecular weight excluding hydrogens is 258 g/mol. The Morgan fingerprint density at radius 1 is 1.53 bits per heavy atom. The lowest BCUT2D eigenvalue weighted by Gasteiger charge is -2.36. The van der Waals surface area contributed by atoms with Crippen molar-refractivity contribution < 1.29 is 9.90 Å². The lowest BCUT2D eigenvalue weighted by Crippen LogP contribution is -2.37. The first-order valence-corrected chi connectivity index (χ1v) is 8.08. The molecule has 1 saturated carbocycles. The second-order valence-corrected chi connectivity index (χ2v) is 6.91. The quantitative estimate of drug-likeness (QED) is 0.885. The van der Waals surface area contributed by atoms with Gasteiger partial charge in [-0.2, -0.15) is 0 Å². The molecule has 0 bridgehead atoms. The fourth-order valence-electron chi connectivity index (χ4n) is 3.23. The summed E-state index contributed by atoms with van der Waals surface area (Å²) in [6.07, 6.45) is 6.78. The van der Waals surface area contributed by atoms with Crippen LogP contribution in [0, 0.1) is 18.3 Å². The molecule has 19 heavy (non-hydrogen) atoms. The Morgan fingerprint density at radius 3 is 2.68 bits per heavy atom. The van der Waals surface area contributed by atoms with Crippen LogP contribution >= 0.6 is 11.3 Å². The third-order valence-electron chi connectivity index (χ3n) is 4.40. The van der Waals surface area contributed by atoms with E-state index in [2.05, 4.69) is 11.9 Å². The van der Waals surface area contributed by atoms with Crippen LogP contribution in [0.1, 0.15) is 56.2 Å². The van der Waals surface area contributed by atoms with E-state index in [0.29, 0.717) is 6.42 Å². The number of hydrogen-bond donors (Lipinski definition) is 1. The summed E-state index contributed by atoms with van der Waals surface area (Å²) in [5.74, 6) is 0.0998. The van der Waals surface area contributed by atoms with Gasteiger partial charge in [-0.3, -0.25) is 4.79 Å². The van der Waals surface area contributed by atoms with Gasteiger partial charge in [-0.15, -0.1) is 11.3 Å². The van der Waals surface area contributed by atoms with Gasteiger partial charge in [0.1, 0.15) is 0 Å². The molecule has 1 aromatic heterocycles. The van der Waals surface area contributed by atoms with Gasteiger partial charge in [0, 0.05) is 11.8 Å². The van der Waals surface area contributed by atoms with Crippen molar-refractivity contribution in [1.82, 2.24) is 4.98 Å². The van der Waals surface area contributed by atoms with Crippen LogP contribution in [0.3, 0.4) is 0 Å². The van der Waals surface area contributed by atoms with Crippen molar-refractivity contribution in [3.63, 3.8) is 0 Å². The van der Waals surface area contributed by atoms with Crippen LogP contribution in [0.2, 0.25) is 0 Å². The molecule has 1 N–H and O–H groups in total. The molecule has 1 aliphatic carbocycles. The molecule has 1 aromatic rings. The molecule has 4 heteroatoms. The maximum Gasteiger partial charge on any atom is 0.310 e. The fraction of sp³-hybridized carbons (Fsp3) is 0.733. The number of aryl methyl sites for hydroxylation is 1. The van der Waals surface area contributed by atoms with Gasteiger partial charge in [0.2, 0.25) is 0 Å². The molecule has 0 aromatic carbocycles. The zero-order valence-corrected chi connectivity index (χ0v) is 12.6. The number of carboxylic acid groups (broad SMARTS) is 1. The third kappa shape index (κ3) is 3.35. The second kappa shape index (κ2) is 6.04. The highest BCUT2D eigenvalue weighted by atomic mass is 32.1. The first-order valence-electron chi connectivity index (χ1n) is 7.20. The summed E-state index contributed by atoms with van der Waals surface area (Å²) in [5, 5.41) is 12.7. The van der Waals surface area contributed by atoms with E-state index in [1.165, 1.54) is 12.8 Å². The molecular formula is C15H23NO2S. The lowest BCUT2D eigenvalue weighted by atomic mass is 9.67. The fourth-order valence-corrected chi connectivity index (χ4v) is 3.84.